The number of phosphoric acid groups is 2. The predicted molar refractivity (Wildman–Crippen MR) is 117 cm³/mol. The van der Waals surface area contributed by atoms with Crippen molar-refractivity contribution in [1.29, 1.82) is 0 Å². The van der Waals surface area contributed by atoms with Gasteiger partial charge in [0.15, 0.2) is 0 Å². The molecular weight excluding hydrogens is 414 g/mol. The molecule has 3 N–H and O–H groups in total. The Morgan fingerprint density at radius 1 is 0.862 bits per heavy atom. The first-order valence-corrected chi connectivity index (χ1v) is 12.7. The first-order chi connectivity index (χ1) is 13.3. The van der Waals surface area contributed by atoms with Crippen LogP contribution in [0.15, 0.2) is 47.1 Å². The highest BCUT2D eigenvalue weighted by molar-refractivity contribution is 7.60. The van der Waals surface area contributed by atoms with Gasteiger partial charge in [0, 0.05) is 0 Å². The molecule has 0 heterocycles. The Bertz CT molecular complexity index is 698. The molecule has 7 nitrogen and oxygen atoms in total. The third-order valence-electron chi connectivity index (χ3n) is 4.06. The van der Waals surface area contributed by atoms with Gasteiger partial charge in [0.2, 0.25) is 0 Å². The van der Waals surface area contributed by atoms with Crippen LogP contribution in [-0.4, -0.2) is 21.3 Å². The summed E-state index contributed by atoms with van der Waals surface area (Å²) in [5, 5.41) is 0. The third kappa shape index (κ3) is 19.0. The molecule has 0 aliphatic rings. The van der Waals surface area contributed by atoms with E-state index in [1.807, 2.05) is 6.92 Å². The van der Waals surface area contributed by atoms with E-state index in [0.29, 0.717) is 0 Å². The standard InChI is InChI=1S/C20H36O7P2/c1-17(2)9-6-10-18(3)11-7-12-19(4)13-8-14-20(5)15-16-26-29(24,25)27-28(21,22)23/h9,11,15H,4,6-8,10,12-14,16H2,1-3,5H3,(H,24,25)(H2,21,22,23)/b18-11+,20-15+. The molecule has 0 amide bonds. The summed E-state index contributed by atoms with van der Waals surface area (Å²) < 4.78 is 30.1. The van der Waals surface area contributed by atoms with Crippen LogP contribution in [0.2, 0.25) is 0 Å². The van der Waals surface area contributed by atoms with E-state index in [0.717, 1.165) is 50.5 Å². The second kappa shape index (κ2) is 14.3. The summed E-state index contributed by atoms with van der Waals surface area (Å²) in [5.41, 5.74) is 4.89. The van der Waals surface area contributed by atoms with Gasteiger partial charge in [-0.3, -0.25) is 4.52 Å². The zero-order valence-corrected chi connectivity index (χ0v) is 19.8. The van der Waals surface area contributed by atoms with Crippen LogP contribution in [0.4, 0.5) is 0 Å². The monoisotopic (exact) mass is 450 g/mol. The summed E-state index contributed by atoms with van der Waals surface area (Å²) in [6, 6.07) is 0. The SMILES string of the molecule is C=C(CC/C=C(\C)CCC=C(C)C)CCC/C(C)=C/COP(=O)(O)OP(=O)(O)O. The normalized spacial score (nSPS) is 15.1. The van der Waals surface area contributed by atoms with E-state index in [-0.39, 0.29) is 6.61 Å². The Balaban J connectivity index is 4.06. The van der Waals surface area contributed by atoms with E-state index in [1.54, 1.807) is 6.08 Å². The molecule has 1 atom stereocenters. The Hall–Kier alpha value is -0.780. The van der Waals surface area contributed by atoms with E-state index in [4.69, 9.17) is 9.79 Å². The Kier molecular flexibility index (Phi) is 13.9. The van der Waals surface area contributed by atoms with Crippen molar-refractivity contribution in [2.45, 2.75) is 72.6 Å². The van der Waals surface area contributed by atoms with Crippen molar-refractivity contribution >= 4 is 15.6 Å². The molecular formula is C20H36O7P2. The number of rotatable bonds is 15. The van der Waals surface area contributed by atoms with Crippen molar-refractivity contribution in [2.75, 3.05) is 6.61 Å². The first kappa shape index (κ1) is 28.2. The van der Waals surface area contributed by atoms with E-state index in [2.05, 4.69) is 48.3 Å². The molecule has 29 heavy (non-hydrogen) atoms. The summed E-state index contributed by atoms with van der Waals surface area (Å²) in [6.07, 6.45) is 12.8. The molecule has 0 bridgehead atoms. The maximum absolute atomic E-state index is 11.3. The summed E-state index contributed by atoms with van der Waals surface area (Å²) in [5.74, 6) is 0. The Morgan fingerprint density at radius 3 is 2.03 bits per heavy atom. The van der Waals surface area contributed by atoms with Gasteiger partial charge >= 0.3 is 15.6 Å². The van der Waals surface area contributed by atoms with Crippen LogP contribution in [0.25, 0.3) is 0 Å². The van der Waals surface area contributed by atoms with Gasteiger partial charge < -0.3 is 14.7 Å². The third-order valence-corrected chi connectivity index (χ3v) is 6.21. The average molecular weight is 450 g/mol. The highest BCUT2D eigenvalue weighted by Gasteiger charge is 2.31. The van der Waals surface area contributed by atoms with Crippen molar-refractivity contribution in [3.8, 4) is 0 Å². The maximum atomic E-state index is 11.3. The molecule has 0 aromatic carbocycles. The highest BCUT2D eigenvalue weighted by Crippen LogP contribution is 2.57. The maximum Gasteiger partial charge on any atom is 0.481 e. The lowest BCUT2D eigenvalue weighted by Crippen LogP contribution is -1.95. The fourth-order valence-electron chi connectivity index (χ4n) is 2.49. The van der Waals surface area contributed by atoms with Crippen molar-refractivity contribution in [3.63, 3.8) is 0 Å². The molecule has 0 spiro atoms. The minimum absolute atomic E-state index is 0.266. The number of hydrogen-bond acceptors (Lipinski definition) is 4. The number of allylic oxidation sites excluding steroid dienone is 6. The Labute approximate surface area is 175 Å². The molecule has 0 radical (unpaired) electrons. The molecule has 0 aromatic rings. The van der Waals surface area contributed by atoms with Crippen LogP contribution in [0, 0.1) is 0 Å². The van der Waals surface area contributed by atoms with Gasteiger partial charge in [-0.15, -0.1) is 0 Å². The van der Waals surface area contributed by atoms with Crippen molar-refractivity contribution in [1.82, 2.24) is 0 Å². The number of phosphoric ester groups is 1. The van der Waals surface area contributed by atoms with E-state index in [9.17, 15) is 14.0 Å². The van der Waals surface area contributed by atoms with Crippen molar-refractivity contribution < 1.29 is 32.6 Å². The summed E-state index contributed by atoms with van der Waals surface area (Å²) in [7, 11) is -9.86. The van der Waals surface area contributed by atoms with Gasteiger partial charge in [-0.2, -0.15) is 4.31 Å². The molecule has 0 fully saturated rings. The lowest BCUT2D eigenvalue weighted by molar-refractivity contribution is 0.191. The van der Waals surface area contributed by atoms with Gasteiger partial charge in [0.25, 0.3) is 0 Å². The smallest absolute Gasteiger partial charge is 0.302 e. The van der Waals surface area contributed by atoms with Crippen LogP contribution in [0.5, 0.6) is 0 Å². The van der Waals surface area contributed by atoms with Crippen LogP contribution < -0.4 is 0 Å². The second-order valence-electron chi connectivity index (χ2n) is 7.40. The average Bonchev–Trinajstić information content (AvgIpc) is 2.51. The van der Waals surface area contributed by atoms with Gasteiger partial charge in [-0.05, 0) is 72.6 Å². The summed E-state index contributed by atoms with van der Waals surface area (Å²) in [6.45, 7) is 12.1. The molecule has 0 aliphatic carbocycles. The van der Waals surface area contributed by atoms with E-state index >= 15 is 0 Å². The minimum Gasteiger partial charge on any atom is -0.302 e. The molecule has 9 heteroatoms. The zero-order valence-electron chi connectivity index (χ0n) is 18.0. The second-order valence-corrected chi connectivity index (χ2v) is 10.2. The first-order valence-electron chi connectivity index (χ1n) is 9.66. The van der Waals surface area contributed by atoms with Gasteiger partial charge in [0.05, 0.1) is 6.61 Å². The van der Waals surface area contributed by atoms with Crippen LogP contribution in [0.1, 0.15) is 72.6 Å². The predicted octanol–water partition coefficient (Wildman–Crippen LogP) is 6.36. The topological polar surface area (TPSA) is 113 Å². The summed E-state index contributed by atoms with van der Waals surface area (Å²) in [4.78, 5) is 26.2. The van der Waals surface area contributed by atoms with Gasteiger partial charge in [0.1, 0.15) is 0 Å². The minimum atomic E-state index is -5.08. The lowest BCUT2D eigenvalue weighted by Gasteiger charge is -2.11. The molecule has 0 aromatic heterocycles. The highest BCUT2D eigenvalue weighted by atomic mass is 31.3. The largest absolute Gasteiger partial charge is 0.481 e. The van der Waals surface area contributed by atoms with Gasteiger partial charge in [-0.25, -0.2) is 9.13 Å². The molecule has 0 saturated carbocycles. The van der Waals surface area contributed by atoms with E-state index < -0.39 is 15.6 Å². The quantitative estimate of drug-likeness (QED) is 0.196. The molecule has 0 aliphatic heterocycles. The van der Waals surface area contributed by atoms with Crippen LogP contribution in [0.3, 0.4) is 0 Å². The van der Waals surface area contributed by atoms with Crippen molar-refractivity contribution in [3.05, 3.63) is 47.1 Å². The van der Waals surface area contributed by atoms with Crippen LogP contribution in [-0.2, 0) is 18.0 Å². The molecule has 0 rings (SSSR count). The number of hydrogen-bond donors (Lipinski definition) is 3. The molecule has 1 unspecified atom stereocenters. The van der Waals surface area contributed by atoms with Crippen molar-refractivity contribution in [2.24, 2.45) is 0 Å². The van der Waals surface area contributed by atoms with E-state index in [1.165, 1.54) is 16.7 Å². The van der Waals surface area contributed by atoms with Crippen LogP contribution >= 0.6 is 15.6 Å². The zero-order chi connectivity index (χ0) is 22.5. The fraction of sp³-hybridized carbons (Fsp3) is 0.600. The molecule has 0 saturated heterocycles. The Morgan fingerprint density at radius 2 is 1.45 bits per heavy atom. The fourth-order valence-corrected chi connectivity index (χ4v) is 4.02. The lowest BCUT2D eigenvalue weighted by atomic mass is 10.0. The van der Waals surface area contributed by atoms with Gasteiger partial charge in [-0.1, -0.05) is 47.1 Å². The summed E-state index contributed by atoms with van der Waals surface area (Å²) >= 11 is 0. The molecule has 168 valence electrons.